The van der Waals surface area contributed by atoms with E-state index in [0.717, 1.165) is 23.5 Å². The van der Waals surface area contributed by atoms with E-state index >= 15 is 0 Å². The lowest BCUT2D eigenvalue weighted by Gasteiger charge is -2.08. The van der Waals surface area contributed by atoms with Crippen LogP contribution in [-0.4, -0.2) is 36.9 Å². The minimum absolute atomic E-state index is 0.562. The van der Waals surface area contributed by atoms with E-state index in [-0.39, 0.29) is 0 Å². The normalized spacial score (nSPS) is 10.8. The molecular weight excluding hydrogens is 240 g/mol. The third kappa shape index (κ3) is 4.58. The molecule has 0 aliphatic heterocycles. The molecule has 0 atom stereocenters. The van der Waals surface area contributed by atoms with Gasteiger partial charge in [-0.1, -0.05) is 18.5 Å². The Labute approximate surface area is 107 Å². The summed E-state index contributed by atoms with van der Waals surface area (Å²) >= 11 is 6.09. The van der Waals surface area contributed by atoms with Gasteiger partial charge in [-0.2, -0.15) is 0 Å². The molecule has 0 radical (unpaired) electrons. The second-order valence-electron chi connectivity index (χ2n) is 3.70. The van der Waals surface area contributed by atoms with Crippen molar-refractivity contribution in [1.29, 1.82) is 0 Å². The number of nitrogens with zero attached hydrogens (tertiary/aromatic N) is 2. The van der Waals surface area contributed by atoms with E-state index in [9.17, 15) is 0 Å². The fourth-order valence-electron chi connectivity index (χ4n) is 1.54. The molecule has 0 aliphatic carbocycles. The van der Waals surface area contributed by atoms with Gasteiger partial charge in [-0.05, 0) is 13.3 Å². The third-order valence-corrected chi connectivity index (χ3v) is 2.78. The summed E-state index contributed by atoms with van der Waals surface area (Å²) in [6.45, 7) is 5.79. The Kier molecular flexibility index (Phi) is 6.40. The molecule has 1 aromatic heterocycles. The molecule has 0 amide bonds. The second-order valence-corrected chi connectivity index (χ2v) is 4.06. The average molecular weight is 259 g/mol. The molecule has 0 spiro atoms. The Bertz CT molecular complexity index is 335. The van der Waals surface area contributed by atoms with Crippen molar-refractivity contribution < 1.29 is 9.47 Å². The van der Waals surface area contributed by atoms with E-state index in [1.807, 2.05) is 13.8 Å². The number of aryl methyl sites for hydroxylation is 1. The Morgan fingerprint density at radius 1 is 1.18 bits per heavy atom. The highest BCUT2D eigenvalue weighted by molar-refractivity contribution is 6.30. The molecule has 96 valence electrons. The maximum absolute atomic E-state index is 6.09. The predicted molar refractivity (Wildman–Crippen MR) is 67.6 cm³/mol. The van der Waals surface area contributed by atoms with Crippen LogP contribution in [0.4, 0.5) is 0 Å². The van der Waals surface area contributed by atoms with Gasteiger partial charge in [0.05, 0.1) is 19.8 Å². The molecule has 1 rings (SSSR count). The summed E-state index contributed by atoms with van der Waals surface area (Å²) in [5.74, 6) is 0.738. The van der Waals surface area contributed by atoms with Crippen molar-refractivity contribution in [2.45, 2.75) is 26.7 Å². The minimum atomic E-state index is 0.562. The van der Waals surface area contributed by atoms with Crippen LogP contribution in [0.15, 0.2) is 0 Å². The van der Waals surface area contributed by atoms with E-state index in [0.29, 0.717) is 31.4 Å². The van der Waals surface area contributed by atoms with Crippen LogP contribution in [0, 0.1) is 6.92 Å². The smallest absolute Gasteiger partial charge is 0.136 e. The summed E-state index contributed by atoms with van der Waals surface area (Å²) in [5, 5.41) is 0.562. The molecule has 0 saturated carbocycles. The van der Waals surface area contributed by atoms with Crippen molar-refractivity contribution in [1.82, 2.24) is 9.97 Å². The highest BCUT2D eigenvalue weighted by atomic mass is 35.5. The molecule has 1 aromatic rings. The topological polar surface area (TPSA) is 44.2 Å². The fourth-order valence-corrected chi connectivity index (χ4v) is 1.91. The zero-order valence-corrected chi connectivity index (χ0v) is 11.4. The third-order valence-electron chi connectivity index (χ3n) is 2.47. The van der Waals surface area contributed by atoms with Crippen molar-refractivity contribution in [3.05, 3.63) is 22.2 Å². The summed E-state index contributed by atoms with van der Waals surface area (Å²) < 4.78 is 10.3. The highest BCUT2D eigenvalue weighted by Gasteiger charge is 2.07. The Morgan fingerprint density at radius 3 is 2.53 bits per heavy atom. The highest BCUT2D eigenvalue weighted by Crippen LogP contribution is 2.16. The van der Waals surface area contributed by atoms with Gasteiger partial charge >= 0.3 is 0 Å². The SMILES string of the molecule is CCc1c(C)nc(CCOCCOC)nc1Cl. The first-order valence-corrected chi connectivity index (χ1v) is 6.15. The maximum Gasteiger partial charge on any atom is 0.136 e. The van der Waals surface area contributed by atoms with Gasteiger partial charge in [-0.25, -0.2) is 9.97 Å². The van der Waals surface area contributed by atoms with Crippen LogP contribution in [0.2, 0.25) is 5.15 Å². The van der Waals surface area contributed by atoms with Gasteiger partial charge in [0.2, 0.25) is 0 Å². The molecule has 0 N–H and O–H groups in total. The summed E-state index contributed by atoms with van der Waals surface area (Å²) in [5.41, 5.74) is 1.98. The molecule has 1 heterocycles. The van der Waals surface area contributed by atoms with Crippen LogP contribution in [0.5, 0.6) is 0 Å². The quantitative estimate of drug-likeness (QED) is 0.556. The zero-order valence-electron chi connectivity index (χ0n) is 10.6. The van der Waals surface area contributed by atoms with Gasteiger partial charge in [0.25, 0.3) is 0 Å². The summed E-state index contributed by atoms with van der Waals surface area (Å²) in [6, 6.07) is 0. The van der Waals surface area contributed by atoms with Crippen molar-refractivity contribution in [2.24, 2.45) is 0 Å². The van der Waals surface area contributed by atoms with Crippen molar-refractivity contribution in [2.75, 3.05) is 26.9 Å². The predicted octanol–water partition coefficient (Wildman–Crippen LogP) is 2.21. The van der Waals surface area contributed by atoms with Crippen molar-refractivity contribution in [3.8, 4) is 0 Å². The van der Waals surface area contributed by atoms with Gasteiger partial charge in [0.15, 0.2) is 0 Å². The monoisotopic (exact) mass is 258 g/mol. The van der Waals surface area contributed by atoms with Gasteiger partial charge in [-0.3, -0.25) is 0 Å². The number of hydrogen-bond acceptors (Lipinski definition) is 4. The first-order valence-electron chi connectivity index (χ1n) is 5.77. The summed E-state index contributed by atoms with van der Waals surface area (Å²) in [6.07, 6.45) is 1.53. The van der Waals surface area contributed by atoms with E-state index in [1.165, 1.54) is 0 Å². The number of aromatic nitrogens is 2. The van der Waals surface area contributed by atoms with Gasteiger partial charge in [0.1, 0.15) is 11.0 Å². The fraction of sp³-hybridized carbons (Fsp3) is 0.667. The summed E-state index contributed by atoms with van der Waals surface area (Å²) in [4.78, 5) is 8.68. The van der Waals surface area contributed by atoms with Crippen LogP contribution in [-0.2, 0) is 22.3 Å². The van der Waals surface area contributed by atoms with E-state index in [4.69, 9.17) is 21.1 Å². The molecule has 5 heteroatoms. The number of halogens is 1. The summed E-state index contributed by atoms with van der Waals surface area (Å²) in [7, 11) is 1.65. The molecule has 0 bridgehead atoms. The van der Waals surface area contributed by atoms with E-state index < -0.39 is 0 Å². The van der Waals surface area contributed by atoms with Crippen molar-refractivity contribution in [3.63, 3.8) is 0 Å². The molecule has 17 heavy (non-hydrogen) atoms. The molecule has 0 aromatic carbocycles. The van der Waals surface area contributed by atoms with Crippen LogP contribution in [0.3, 0.4) is 0 Å². The molecule has 0 saturated heterocycles. The van der Waals surface area contributed by atoms with Crippen molar-refractivity contribution >= 4 is 11.6 Å². The van der Waals surface area contributed by atoms with E-state index in [2.05, 4.69) is 9.97 Å². The van der Waals surface area contributed by atoms with Gasteiger partial charge < -0.3 is 9.47 Å². The Morgan fingerprint density at radius 2 is 1.94 bits per heavy atom. The van der Waals surface area contributed by atoms with Crippen LogP contribution < -0.4 is 0 Å². The van der Waals surface area contributed by atoms with Crippen LogP contribution >= 0.6 is 11.6 Å². The zero-order chi connectivity index (χ0) is 12.7. The number of rotatable bonds is 7. The van der Waals surface area contributed by atoms with Gasteiger partial charge in [0, 0.05) is 24.8 Å². The lowest BCUT2D eigenvalue weighted by Crippen LogP contribution is -2.08. The second kappa shape index (κ2) is 7.58. The number of methoxy groups -OCH3 is 1. The number of ether oxygens (including phenoxy) is 2. The lowest BCUT2D eigenvalue weighted by molar-refractivity contribution is 0.0716. The van der Waals surface area contributed by atoms with E-state index in [1.54, 1.807) is 7.11 Å². The largest absolute Gasteiger partial charge is 0.382 e. The lowest BCUT2D eigenvalue weighted by atomic mass is 10.2. The Balaban J connectivity index is 2.49. The first-order chi connectivity index (χ1) is 8.19. The molecule has 0 unspecified atom stereocenters. The molecular formula is C12H19ClN2O2. The molecule has 0 fully saturated rings. The maximum atomic E-state index is 6.09. The average Bonchev–Trinajstić information content (AvgIpc) is 2.28. The standard InChI is InChI=1S/C12H19ClN2O2/c1-4-10-9(2)14-11(15-12(10)13)5-6-17-8-7-16-3/h4-8H2,1-3H3. The van der Waals surface area contributed by atoms with Gasteiger partial charge in [-0.15, -0.1) is 0 Å². The Hall–Kier alpha value is -0.710. The van der Waals surface area contributed by atoms with Crippen LogP contribution in [0.25, 0.3) is 0 Å². The first kappa shape index (κ1) is 14.4. The minimum Gasteiger partial charge on any atom is -0.382 e. The molecule has 4 nitrogen and oxygen atoms in total. The van der Waals surface area contributed by atoms with Crippen LogP contribution in [0.1, 0.15) is 24.0 Å². The number of hydrogen-bond donors (Lipinski definition) is 0. The molecule has 0 aliphatic rings.